The molecule has 90 valence electrons. The van der Waals surface area contributed by atoms with Crippen molar-refractivity contribution in [2.75, 3.05) is 38.6 Å². The van der Waals surface area contributed by atoms with Gasteiger partial charge in [0.05, 0.1) is 6.33 Å². The van der Waals surface area contributed by atoms with Crippen LogP contribution >= 0.6 is 0 Å². The Morgan fingerprint density at radius 1 is 1.38 bits per heavy atom. The van der Waals surface area contributed by atoms with Gasteiger partial charge in [-0.2, -0.15) is 0 Å². The molecule has 1 heterocycles. The van der Waals surface area contributed by atoms with Crippen molar-refractivity contribution in [2.45, 2.75) is 13.3 Å². The van der Waals surface area contributed by atoms with E-state index in [4.69, 9.17) is 0 Å². The van der Waals surface area contributed by atoms with Crippen molar-refractivity contribution in [3.05, 3.63) is 22.7 Å². The third-order valence-corrected chi connectivity index (χ3v) is 2.40. The highest BCUT2D eigenvalue weighted by atomic mass is 16.1. The molecule has 0 aliphatic heterocycles. The fourth-order valence-corrected chi connectivity index (χ4v) is 1.54. The number of aromatic nitrogens is 2. The minimum Gasteiger partial charge on any atom is -0.357 e. The quantitative estimate of drug-likeness (QED) is 0.766. The van der Waals surface area contributed by atoms with Crippen molar-refractivity contribution < 1.29 is 0 Å². The molecule has 0 spiro atoms. The molecule has 0 radical (unpaired) electrons. The maximum Gasteiger partial charge on any atom is 0.252 e. The van der Waals surface area contributed by atoms with E-state index in [0.717, 1.165) is 31.9 Å². The zero-order valence-corrected chi connectivity index (χ0v) is 10.2. The van der Waals surface area contributed by atoms with E-state index in [1.165, 1.54) is 6.33 Å². The van der Waals surface area contributed by atoms with Crippen LogP contribution in [0.3, 0.4) is 0 Å². The van der Waals surface area contributed by atoms with Gasteiger partial charge in [-0.3, -0.25) is 4.79 Å². The van der Waals surface area contributed by atoms with E-state index in [2.05, 4.69) is 40.8 Å². The molecule has 1 N–H and O–H groups in total. The van der Waals surface area contributed by atoms with Crippen LogP contribution in [-0.2, 0) is 0 Å². The summed E-state index contributed by atoms with van der Waals surface area (Å²) in [7, 11) is 4.11. The monoisotopic (exact) mass is 224 g/mol. The van der Waals surface area contributed by atoms with E-state index >= 15 is 0 Å². The van der Waals surface area contributed by atoms with Crippen molar-refractivity contribution in [1.29, 1.82) is 0 Å². The van der Waals surface area contributed by atoms with E-state index in [-0.39, 0.29) is 5.56 Å². The van der Waals surface area contributed by atoms with Gasteiger partial charge in [0.15, 0.2) is 0 Å². The molecule has 0 bridgehead atoms. The Kier molecular flexibility index (Phi) is 4.98. The second kappa shape index (κ2) is 6.27. The number of aromatic amines is 1. The van der Waals surface area contributed by atoms with Gasteiger partial charge in [0.1, 0.15) is 5.82 Å². The molecule has 0 aliphatic rings. The molecule has 0 unspecified atom stereocenters. The zero-order valence-electron chi connectivity index (χ0n) is 10.2. The lowest BCUT2D eigenvalue weighted by Gasteiger charge is -2.22. The van der Waals surface area contributed by atoms with E-state index in [0.29, 0.717) is 0 Å². The highest BCUT2D eigenvalue weighted by Gasteiger charge is 2.05. The molecule has 0 atom stereocenters. The minimum absolute atomic E-state index is 0.101. The number of nitrogens with zero attached hydrogens (tertiary/aromatic N) is 3. The standard InChI is InChI=1S/C11H20N4O/c1-4-15(7-5-6-14(2)3)10-8-11(16)13-9-12-10/h8-9H,4-7H2,1-3H3,(H,12,13,16). The summed E-state index contributed by atoms with van der Waals surface area (Å²) in [6.07, 6.45) is 2.52. The SMILES string of the molecule is CCN(CCCN(C)C)c1cc(=O)[nH]cn1. The largest absolute Gasteiger partial charge is 0.357 e. The zero-order chi connectivity index (χ0) is 12.0. The maximum atomic E-state index is 11.2. The van der Waals surface area contributed by atoms with Gasteiger partial charge in [0.2, 0.25) is 0 Å². The maximum absolute atomic E-state index is 11.2. The van der Waals surface area contributed by atoms with Crippen LogP contribution in [0.4, 0.5) is 5.82 Å². The summed E-state index contributed by atoms with van der Waals surface area (Å²) in [5.41, 5.74) is -0.101. The smallest absolute Gasteiger partial charge is 0.252 e. The van der Waals surface area contributed by atoms with Crippen LogP contribution in [0.1, 0.15) is 13.3 Å². The molecule has 5 heteroatoms. The molecular weight excluding hydrogens is 204 g/mol. The van der Waals surface area contributed by atoms with Crippen molar-refractivity contribution in [1.82, 2.24) is 14.9 Å². The number of hydrogen-bond donors (Lipinski definition) is 1. The Hall–Kier alpha value is -1.36. The van der Waals surface area contributed by atoms with Gasteiger partial charge in [0, 0.05) is 19.2 Å². The molecule has 0 aliphatic carbocycles. The number of anilines is 1. The van der Waals surface area contributed by atoms with Gasteiger partial charge in [-0.25, -0.2) is 4.98 Å². The van der Waals surface area contributed by atoms with E-state index in [9.17, 15) is 4.79 Å². The molecule has 0 amide bonds. The molecule has 5 nitrogen and oxygen atoms in total. The highest BCUT2D eigenvalue weighted by Crippen LogP contribution is 2.06. The summed E-state index contributed by atoms with van der Waals surface area (Å²) in [6, 6.07) is 1.54. The van der Waals surface area contributed by atoms with Gasteiger partial charge in [-0.15, -0.1) is 0 Å². The summed E-state index contributed by atoms with van der Waals surface area (Å²) in [5.74, 6) is 0.755. The number of nitrogens with one attached hydrogen (secondary N) is 1. The molecular formula is C11H20N4O. The van der Waals surface area contributed by atoms with Crippen molar-refractivity contribution in [3.8, 4) is 0 Å². The second-order valence-electron chi connectivity index (χ2n) is 4.01. The number of H-pyrrole nitrogens is 1. The highest BCUT2D eigenvalue weighted by molar-refractivity contribution is 5.35. The van der Waals surface area contributed by atoms with Gasteiger partial charge < -0.3 is 14.8 Å². The fourth-order valence-electron chi connectivity index (χ4n) is 1.54. The van der Waals surface area contributed by atoms with Crippen LogP contribution in [0.5, 0.6) is 0 Å². The van der Waals surface area contributed by atoms with Crippen LogP contribution in [-0.4, -0.2) is 48.6 Å². The number of rotatable bonds is 6. The average molecular weight is 224 g/mol. The first-order valence-electron chi connectivity index (χ1n) is 5.58. The first-order valence-corrected chi connectivity index (χ1v) is 5.58. The topological polar surface area (TPSA) is 52.2 Å². The van der Waals surface area contributed by atoms with Crippen LogP contribution < -0.4 is 10.5 Å². The molecule has 0 aromatic carbocycles. The Bertz CT molecular complexity index is 361. The third-order valence-electron chi connectivity index (χ3n) is 2.40. The average Bonchev–Trinajstić information content (AvgIpc) is 2.24. The van der Waals surface area contributed by atoms with E-state index in [1.807, 2.05) is 0 Å². The predicted molar refractivity (Wildman–Crippen MR) is 65.9 cm³/mol. The summed E-state index contributed by atoms with van der Waals surface area (Å²) >= 11 is 0. The van der Waals surface area contributed by atoms with Crippen molar-refractivity contribution in [3.63, 3.8) is 0 Å². The van der Waals surface area contributed by atoms with E-state index < -0.39 is 0 Å². The third kappa shape index (κ3) is 4.02. The first-order chi connectivity index (χ1) is 7.63. The Labute approximate surface area is 96.1 Å². The number of hydrogen-bond acceptors (Lipinski definition) is 4. The van der Waals surface area contributed by atoms with Crippen LogP contribution in [0, 0.1) is 0 Å². The van der Waals surface area contributed by atoms with Gasteiger partial charge in [-0.05, 0) is 34.0 Å². The summed E-state index contributed by atoms with van der Waals surface area (Å²) in [6.45, 7) is 4.90. The first kappa shape index (κ1) is 12.7. The molecule has 0 fully saturated rings. The molecule has 1 aromatic heterocycles. The summed E-state index contributed by atoms with van der Waals surface area (Å²) in [5, 5.41) is 0. The summed E-state index contributed by atoms with van der Waals surface area (Å²) in [4.78, 5) is 22.1. The molecule has 0 saturated carbocycles. The summed E-state index contributed by atoms with van der Waals surface area (Å²) < 4.78 is 0. The lowest BCUT2D eigenvalue weighted by atomic mass is 10.3. The van der Waals surface area contributed by atoms with Crippen molar-refractivity contribution in [2.24, 2.45) is 0 Å². The minimum atomic E-state index is -0.101. The van der Waals surface area contributed by atoms with Gasteiger partial charge in [-0.1, -0.05) is 0 Å². The second-order valence-corrected chi connectivity index (χ2v) is 4.01. The van der Waals surface area contributed by atoms with Gasteiger partial charge in [0.25, 0.3) is 5.56 Å². The Morgan fingerprint density at radius 3 is 2.69 bits per heavy atom. The molecule has 1 aromatic rings. The lowest BCUT2D eigenvalue weighted by Crippen LogP contribution is -2.28. The Balaban J connectivity index is 2.57. The molecule has 1 rings (SSSR count). The predicted octanol–water partition coefficient (Wildman–Crippen LogP) is 0.548. The normalized spacial score (nSPS) is 10.8. The lowest BCUT2D eigenvalue weighted by molar-refractivity contribution is 0.400. The van der Waals surface area contributed by atoms with E-state index in [1.54, 1.807) is 6.07 Å². The van der Waals surface area contributed by atoms with Gasteiger partial charge >= 0.3 is 0 Å². The molecule has 16 heavy (non-hydrogen) atoms. The molecule has 0 saturated heterocycles. The van der Waals surface area contributed by atoms with Crippen LogP contribution in [0.2, 0.25) is 0 Å². The van der Waals surface area contributed by atoms with Crippen LogP contribution in [0.25, 0.3) is 0 Å². The van der Waals surface area contributed by atoms with Crippen LogP contribution in [0.15, 0.2) is 17.2 Å². The van der Waals surface area contributed by atoms with Crippen molar-refractivity contribution >= 4 is 5.82 Å². The Morgan fingerprint density at radius 2 is 2.12 bits per heavy atom. The fraction of sp³-hybridized carbons (Fsp3) is 0.636.